The number of carbonyl (C=O) groups is 3. The smallest absolute Gasteiger partial charge is 0.230 e. The van der Waals surface area contributed by atoms with Gasteiger partial charge in [-0.05, 0) is 62.7 Å². The molecule has 0 spiro atoms. The van der Waals surface area contributed by atoms with E-state index in [4.69, 9.17) is 9.47 Å². The summed E-state index contributed by atoms with van der Waals surface area (Å²) in [6, 6.07) is 0. The zero-order chi connectivity index (χ0) is 22.6. The van der Waals surface area contributed by atoms with Crippen molar-refractivity contribution in [1.82, 2.24) is 0 Å². The molecule has 0 aromatic rings. The van der Waals surface area contributed by atoms with Crippen LogP contribution in [0.4, 0.5) is 4.39 Å². The minimum atomic E-state index is -1.49. The minimum Gasteiger partial charge on any atom is -0.393 e. The Morgan fingerprint density at radius 2 is 1.97 bits per heavy atom. The highest BCUT2D eigenvalue weighted by molar-refractivity contribution is 6.29. The van der Waals surface area contributed by atoms with Crippen LogP contribution in [0.15, 0.2) is 23.8 Å². The Labute approximate surface area is 180 Å². The molecule has 4 aliphatic carbocycles. The van der Waals surface area contributed by atoms with Gasteiger partial charge in [0.2, 0.25) is 5.78 Å². The fourth-order valence-electron chi connectivity index (χ4n) is 7.95. The van der Waals surface area contributed by atoms with Crippen LogP contribution in [-0.2, 0) is 23.9 Å². The maximum atomic E-state index is 15.4. The molecule has 9 unspecified atom stereocenters. The maximum Gasteiger partial charge on any atom is 0.230 e. The molecule has 1 aliphatic heterocycles. The van der Waals surface area contributed by atoms with Gasteiger partial charge in [0.05, 0.1) is 12.2 Å². The fourth-order valence-corrected chi connectivity index (χ4v) is 7.95. The number of aliphatic hydroxyl groups excluding tert-OH is 1. The first-order valence-corrected chi connectivity index (χ1v) is 11.0. The molecule has 0 radical (unpaired) electrons. The molecule has 3 saturated carbocycles. The third-order valence-electron chi connectivity index (χ3n) is 8.94. The average molecular weight is 432 g/mol. The predicted octanol–water partition coefficient (Wildman–Crippen LogP) is 2.48. The van der Waals surface area contributed by atoms with E-state index in [0.29, 0.717) is 18.3 Å². The van der Waals surface area contributed by atoms with E-state index in [0.717, 1.165) is 0 Å². The summed E-state index contributed by atoms with van der Waals surface area (Å²) in [4.78, 5) is 36.7. The summed E-state index contributed by atoms with van der Waals surface area (Å²) in [5.41, 5.74) is -2.72. The molecule has 0 aromatic carbocycles. The molecule has 4 fully saturated rings. The van der Waals surface area contributed by atoms with Crippen molar-refractivity contribution in [2.45, 2.75) is 76.7 Å². The number of hydrogen-bond donors (Lipinski definition) is 1. The first kappa shape index (κ1) is 21.2. The normalized spacial score (nSPS) is 51.9. The van der Waals surface area contributed by atoms with Crippen molar-refractivity contribution in [3.63, 3.8) is 0 Å². The Balaban J connectivity index is 1.62. The molecule has 1 N–H and O–H groups in total. The number of ketones is 2. The fraction of sp³-hybridized carbons (Fsp3) is 0.708. The topological polar surface area (TPSA) is 89.9 Å². The SMILES string of the molecule is CC1(C)OC2CC3C4CC(F)C5=CC(=O)C=CC5(C)C4C(O)CC3(C)C2(C(=O)C=O)O1. The largest absolute Gasteiger partial charge is 0.393 e. The molecule has 5 aliphatic rings. The second kappa shape index (κ2) is 6.21. The lowest BCUT2D eigenvalue weighted by Crippen LogP contribution is -2.64. The third-order valence-corrected chi connectivity index (χ3v) is 8.94. The Kier molecular flexibility index (Phi) is 4.24. The highest BCUT2D eigenvalue weighted by Gasteiger charge is 2.77. The van der Waals surface area contributed by atoms with E-state index in [1.54, 1.807) is 19.9 Å². The number of rotatable bonds is 2. The van der Waals surface area contributed by atoms with Gasteiger partial charge in [-0.2, -0.15) is 0 Å². The van der Waals surface area contributed by atoms with Gasteiger partial charge in [0.15, 0.2) is 23.5 Å². The van der Waals surface area contributed by atoms with E-state index in [1.165, 1.54) is 12.2 Å². The van der Waals surface area contributed by atoms with E-state index < -0.39 is 46.4 Å². The molecule has 5 rings (SSSR count). The Bertz CT molecular complexity index is 938. The highest BCUT2D eigenvalue weighted by atomic mass is 19.1. The maximum absolute atomic E-state index is 15.4. The zero-order valence-corrected chi connectivity index (χ0v) is 18.3. The number of carbonyl (C=O) groups excluding carboxylic acids is 3. The lowest BCUT2D eigenvalue weighted by atomic mass is 9.46. The van der Waals surface area contributed by atoms with Crippen LogP contribution in [0, 0.1) is 28.6 Å². The van der Waals surface area contributed by atoms with Crippen molar-refractivity contribution in [2.75, 3.05) is 0 Å². The molecule has 1 heterocycles. The molecular weight excluding hydrogens is 403 g/mol. The van der Waals surface area contributed by atoms with Crippen molar-refractivity contribution >= 4 is 17.9 Å². The third kappa shape index (κ3) is 2.45. The Morgan fingerprint density at radius 3 is 2.65 bits per heavy atom. The number of ether oxygens (including phenoxy) is 2. The van der Waals surface area contributed by atoms with Crippen molar-refractivity contribution in [1.29, 1.82) is 0 Å². The van der Waals surface area contributed by atoms with Crippen LogP contribution in [0.5, 0.6) is 0 Å². The Hall–Kier alpha value is -1.70. The molecule has 1 saturated heterocycles. The minimum absolute atomic E-state index is 0.159. The summed E-state index contributed by atoms with van der Waals surface area (Å²) in [5.74, 6) is -2.68. The molecule has 168 valence electrons. The lowest BCUT2D eigenvalue weighted by Gasteiger charge is -2.60. The van der Waals surface area contributed by atoms with Gasteiger partial charge in [0.25, 0.3) is 0 Å². The molecule has 31 heavy (non-hydrogen) atoms. The molecule has 0 bridgehead atoms. The van der Waals surface area contributed by atoms with Gasteiger partial charge in [0.1, 0.15) is 6.17 Å². The lowest BCUT2D eigenvalue weighted by molar-refractivity contribution is -0.224. The second-order valence-electron chi connectivity index (χ2n) is 10.9. The summed E-state index contributed by atoms with van der Waals surface area (Å²) in [6.07, 6.45) is 2.90. The van der Waals surface area contributed by atoms with Gasteiger partial charge < -0.3 is 14.6 Å². The molecule has 0 aromatic heterocycles. The van der Waals surface area contributed by atoms with Crippen LogP contribution in [0.2, 0.25) is 0 Å². The van der Waals surface area contributed by atoms with E-state index in [-0.39, 0.29) is 36.4 Å². The molecule has 6 nitrogen and oxygen atoms in total. The summed E-state index contributed by atoms with van der Waals surface area (Å²) < 4.78 is 27.7. The molecule has 7 heteroatoms. The number of aldehydes is 1. The summed E-state index contributed by atoms with van der Waals surface area (Å²) in [6.45, 7) is 7.19. The molecular formula is C24H29FO6. The second-order valence-corrected chi connectivity index (χ2v) is 10.9. The number of hydrogen-bond acceptors (Lipinski definition) is 6. The van der Waals surface area contributed by atoms with E-state index >= 15 is 4.39 Å². The van der Waals surface area contributed by atoms with Crippen molar-refractivity contribution in [3.05, 3.63) is 23.8 Å². The quantitative estimate of drug-likeness (QED) is 0.533. The van der Waals surface area contributed by atoms with Gasteiger partial charge in [0, 0.05) is 16.7 Å². The van der Waals surface area contributed by atoms with Crippen LogP contribution >= 0.6 is 0 Å². The summed E-state index contributed by atoms with van der Waals surface area (Å²) >= 11 is 0. The van der Waals surface area contributed by atoms with Crippen LogP contribution in [-0.4, -0.2) is 52.7 Å². The zero-order valence-electron chi connectivity index (χ0n) is 18.3. The summed E-state index contributed by atoms with van der Waals surface area (Å²) in [5, 5.41) is 11.4. The van der Waals surface area contributed by atoms with Gasteiger partial charge in [-0.1, -0.05) is 19.9 Å². The van der Waals surface area contributed by atoms with Crippen molar-refractivity contribution in [2.24, 2.45) is 28.6 Å². The number of halogens is 1. The number of fused-ring (bicyclic) bond motifs is 7. The average Bonchev–Trinajstić information content (AvgIpc) is 3.08. The van der Waals surface area contributed by atoms with Gasteiger partial charge in [-0.3, -0.25) is 14.4 Å². The first-order valence-electron chi connectivity index (χ1n) is 11.0. The van der Waals surface area contributed by atoms with Gasteiger partial charge in [-0.25, -0.2) is 4.39 Å². The number of aliphatic hydroxyl groups is 1. The van der Waals surface area contributed by atoms with E-state index in [9.17, 15) is 19.5 Å². The van der Waals surface area contributed by atoms with E-state index in [2.05, 4.69) is 0 Å². The number of allylic oxidation sites excluding steroid dienone is 4. The molecule has 9 atom stereocenters. The van der Waals surface area contributed by atoms with Gasteiger partial charge in [-0.15, -0.1) is 0 Å². The van der Waals surface area contributed by atoms with Crippen LogP contribution in [0.3, 0.4) is 0 Å². The number of alkyl halides is 1. The van der Waals surface area contributed by atoms with Crippen LogP contribution in [0.1, 0.15) is 47.0 Å². The molecule has 0 amide bonds. The Morgan fingerprint density at radius 1 is 1.26 bits per heavy atom. The van der Waals surface area contributed by atoms with Crippen LogP contribution in [0.25, 0.3) is 0 Å². The van der Waals surface area contributed by atoms with Gasteiger partial charge >= 0.3 is 0 Å². The van der Waals surface area contributed by atoms with Crippen molar-refractivity contribution in [3.8, 4) is 0 Å². The van der Waals surface area contributed by atoms with Crippen molar-refractivity contribution < 1.29 is 33.4 Å². The first-order chi connectivity index (χ1) is 14.4. The standard InChI is InChI=1S/C24H29FO6/c1-21(2)30-19-9-14-13-8-16(25)15-7-12(27)5-6-22(15,3)20(13)17(28)10-23(14,4)24(19,31-21)18(29)11-26/h5-7,11,13-14,16-17,19-20,28H,8-10H2,1-4H3. The highest BCUT2D eigenvalue weighted by Crippen LogP contribution is 2.70. The summed E-state index contributed by atoms with van der Waals surface area (Å²) in [7, 11) is 0. The number of Topliss-reactive ketones (excluding diaryl/α,β-unsaturated/α-hetero) is 1. The predicted molar refractivity (Wildman–Crippen MR) is 108 cm³/mol. The van der Waals surface area contributed by atoms with Crippen LogP contribution < -0.4 is 0 Å². The van der Waals surface area contributed by atoms with E-state index in [1.807, 2.05) is 13.8 Å². The monoisotopic (exact) mass is 432 g/mol.